The highest BCUT2D eigenvalue weighted by atomic mass is 16.5. The van der Waals surface area contributed by atoms with Crippen LogP contribution in [0.1, 0.15) is 54.1 Å². The summed E-state index contributed by atoms with van der Waals surface area (Å²) in [6.45, 7) is 6.77. The second-order valence-corrected chi connectivity index (χ2v) is 8.86. The van der Waals surface area contributed by atoms with Crippen molar-refractivity contribution >= 4 is 11.8 Å². The van der Waals surface area contributed by atoms with Crippen LogP contribution in [0.25, 0.3) is 0 Å². The number of nitrogens with zero attached hydrogens (tertiary/aromatic N) is 1. The summed E-state index contributed by atoms with van der Waals surface area (Å²) in [7, 11) is 0. The third-order valence-electron chi connectivity index (χ3n) is 6.36. The summed E-state index contributed by atoms with van der Waals surface area (Å²) in [4.78, 5) is 27.2. The second kappa shape index (κ2) is 10.6. The predicted octanol–water partition coefficient (Wildman–Crippen LogP) is 4.96. The van der Waals surface area contributed by atoms with Gasteiger partial charge in [-0.15, -0.1) is 0 Å². The Labute approximate surface area is 201 Å². The van der Waals surface area contributed by atoms with E-state index in [0.29, 0.717) is 25.3 Å². The summed E-state index contributed by atoms with van der Waals surface area (Å²) in [6.07, 6.45) is 0.761. The number of rotatable bonds is 7. The summed E-state index contributed by atoms with van der Waals surface area (Å²) >= 11 is 0. The average Bonchev–Trinajstić information content (AvgIpc) is 2.85. The van der Waals surface area contributed by atoms with Crippen LogP contribution < -0.4 is 10.1 Å². The van der Waals surface area contributed by atoms with E-state index >= 15 is 0 Å². The fraction of sp³-hybridized carbons (Fsp3) is 0.310. The number of aryl methyl sites for hydroxylation is 1. The smallest absolute Gasteiger partial charge is 0.261 e. The van der Waals surface area contributed by atoms with E-state index in [0.717, 1.165) is 28.7 Å². The third kappa shape index (κ3) is 5.30. The van der Waals surface area contributed by atoms with E-state index in [4.69, 9.17) is 4.74 Å². The molecule has 5 nitrogen and oxygen atoms in total. The molecule has 3 aromatic rings. The first kappa shape index (κ1) is 23.6. The number of hydrogen-bond donors (Lipinski definition) is 1. The average molecular weight is 457 g/mol. The molecule has 0 saturated heterocycles. The van der Waals surface area contributed by atoms with Crippen molar-refractivity contribution in [2.75, 3.05) is 6.54 Å². The number of amides is 2. The Morgan fingerprint density at radius 2 is 1.85 bits per heavy atom. The fourth-order valence-electron chi connectivity index (χ4n) is 4.59. The van der Waals surface area contributed by atoms with Crippen LogP contribution in [0.15, 0.2) is 72.8 Å². The van der Waals surface area contributed by atoms with Crippen LogP contribution in [0.4, 0.5) is 0 Å². The van der Waals surface area contributed by atoms with Crippen molar-refractivity contribution in [1.82, 2.24) is 10.2 Å². The molecular formula is C29H32N2O3. The van der Waals surface area contributed by atoms with Gasteiger partial charge in [-0.3, -0.25) is 9.59 Å². The van der Waals surface area contributed by atoms with Crippen LogP contribution in [0, 0.1) is 6.92 Å². The first-order chi connectivity index (χ1) is 16.5. The standard InChI is InChI=1S/C29H32N2O3/c1-4-27(29(33)30-19-22-10-6-5-7-11-22)34-25-14-13-23-15-16-31(21(3)32)28(26(23)18-25)24-12-8-9-20(2)17-24/h5-14,17-18,27-28H,4,15-16,19H2,1-3H3,(H,30,33)/t27-,28-/m0/s1. The van der Waals surface area contributed by atoms with Gasteiger partial charge >= 0.3 is 0 Å². The molecule has 1 aliphatic heterocycles. The molecule has 0 bridgehead atoms. The highest BCUT2D eigenvalue weighted by Crippen LogP contribution is 2.37. The molecule has 0 fully saturated rings. The predicted molar refractivity (Wildman–Crippen MR) is 134 cm³/mol. The largest absolute Gasteiger partial charge is 0.481 e. The van der Waals surface area contributed by atoms with Gasteiger partial charge in [0.2, 0.25) is 5.91 Å². The topological polar surface area (TPSA) is 58.6 Å². The first-order valence-corrected chi connectivity index (χ1v) is 11.9. The lowest BCUT2D eigenvalue weighted by Crippen LogP contribution is -2.39. The maximum absolute atomic E-state index is 12.8. The minimum absolute atomic E-state index is 0.0511. The summed E-state index contributed by atoms with van der Waals surface area (Å²) in [5.41, 5.74) is 5.55. The van der Waals surface area contributed by atoms with Crippen molar-refractivity contribution in [3.05, 3.63) is 101 Å². The molecule has 0 spiro atoms. The minimum Gasteiger partial charge on any atom is -0.481 e. The lowest BCUT2D eigenvalue weighted by Gasteiger charge is -2.37. The zero-order valence-corrected chi connectivity index (χ0v) is 20.1. The highest BCUT2D eigenvalue weighted by Gasteiger charge is 2.31. The van der Waals surface area contributed by atoms with Gasteiger partial charge < -0.3 is 15.0 Å². The van der Waals surface area contributed by atoms with E-state index in [-0.39, 0.29) is 17.9 Å². The van der Waals surface area contributed by atoms with Gasteiger partial charge in [-0.25, -0.2) is 0 Å². The molecule has 2 atom stereocenters. The van der Waals surface area contributed by atoms with Crippen molar-refractivity contribution in [3.63, 3.8) is 0 Å². The lowest BCUT2D eigenvalue weighted by atomic mass is 9.87. The van der Waals surface area contributed by atoms with Gasteiger partial charge in [-0.1, -0.05) is 73.2 Å². The second-order valence-electron chi connectivity index (χ2n) is 8.86. The Bertz CT molecular complexity index is 1160. The molecule has 0 unspecified atom stereocenters. The number of benzene rings is 3. The molecule has 0 aliphatic carbocycles. The molecule has 1 heterocycles. The Hall–Kier alpha value is -3.60. The SMILES string of the molecule is CC[C@H](Oc1ccc2c(c1)[C@H](c1cccc(C)c1)N(C(C)=O)CC2)C(=O)NCc1ccccc1. The Kier molecular flexibility index (Phi) is 7.31. The summed E-state index contributed by atoms with van der Waals surface area (Å²) in [6, 6.07) is 24.0. The molecule has 1 N–H and O–H groups in total. The minimum atomic E-state index is -0.591. The Morgan fingerprint density at radius 1 is 1.06 bits per heavy atom. The first-order valence-electron chi connectivity index (χ1n) is 11.9. The number of carbonyl (C=O) groups excluding carboxylic acids is 2. The zero-order chi connectivity index (χ0) is 24.1. The highest BCUT2D eigenvalue weighted by molar-refractivity contribution is 5.81. The van der Waals surface area contributed by atoms with Gasteiger partial charge in [0.05, 0.1) is 6.04 Å². The monoisotopic (exact) mass is 456 g/mol. The van der Waals surface area contributed by atoms with Gasteiger partial charge in [0.1, 0.15) is 5.75 Å². The van der Waals surface area contributed by atoms with E-state index < -0.39 is 6.10 Å². The van der Waals surface area contributed by atoms with Crippen LogP contribution in [-0.4, -0.2) is 29.4 Å². The Balaban J connectivity index is 1.57. The van der Waals surface area contributed by atoms with Gasteiger partial charge in [0.15, 0.2) is 6.10 Å². The van der Waals surface area contributed by atoms with E-state index in [9.17, 15) is 9.59 Å². The maximum Gasteiger partial charge on any atom is 0.261 e. The normalized spacial score (nSPS) is 15.9. The lowest BCUT2D eigenvalue weighted by molar-refractivity contribution is -0.131. The number of nitrogens with one attached hydrogen (secondary N) is 1. The van der Waals surface area contributed by atoms with Crippen LogP contribution in [0.5, 0.6) is 5.75 Å². The van der Waals surface area contributed by atoms with Crippen LogP contribution >= 0.6 is 0 Å². The van der Waals surface area contributed by atoms with Gasteiger partial charge in [0, 0.05) is 20.0 Å². The maximum atomic E-state index is 12.8. The van der Waals surface area contributed by atoms with E-state index in [1.165, 1.54) is 5.56 Å². The van der Waals surface area contributed by atoms with Crippen molar-refractivity contribution in [2.24, 2.45) is 0 Å². The fourth-order valence-corrected chi connectivity index (χ4v) is 4.59. The number of carbonyl (C=O) groups is 2. The Morgan fingerprint density at radius 3 is 2.56 bits per heavy atom. The molecule has 34 heavy (non-hydrogen) atoms. The molecule has 176 valence electrons. The van der Waals surface area contributed by atoms with E-state index in [1.54, 1.807) is 6.92 Å². The molecule has 0 saturated carbocycles. The third-order valence-corrected chi connectivity index (χ3v) is 6.36. The molecule has 2 amide bonds. The molecule has 1 aliphatic rings. The van der Waals surface area contributed by atoms with E-state index in [1.807, 2.05) is 60.4 Å². The quantitative estimate of drug-likeness (QED) is 0.547. The molecular weight excluding hydrogens is 424 g/mol. The molecule has 5 heteroatoms. The number of ether oxygens (including phenoxy) is 1. The van der Waals surface area contributed by atoms with Crippen LogP contribution in [-0.2, 0) is 22.6 Å². The van der Waals surface area contributed by atoms with E-state index in [2.05, 4.69) is 36.5 Å². The van der Waals surface area contributed by atoms with Crippen molar-refractivity contribution in [3.8, 4) is 5.75 Å². The van der Waals surface area contributed by atoms with Gasteiger partial charge in [0.25, 0.3) is 5.91 Å². The van der Waals surface area contributed by atoms with Gasteiger partial charge in [-0.05, 0) is 54.2 Å². The molecule has 0 aromatic heterocycles. The number of fused-ring (bicyclic) bond motifs is 1. The molecule has 4 rings (SSSR count). The summed E-state index contributed by atoms with van der Waals surface area (Å²) in [5, 5.41) is 2.98. The number of hydrogen-bond acceptors (Lipinski definition) is 3. The molecule has 3 aromatic carbocycles. The zero-order valence-electron chi connectivity index (χ0n) is 20.1. The van der Waals surface area contributed by atoms with Crippen molar-refractivity contribution in [2.45, 2.75) is 52.3 Å². The van der Waals surface area contributed by atoms with Crippen molar-refractivity contribution in [1.29, 1.82) is 0 Å². The van der Waals surface area contributed by atoms with Crippen LogP contribution in [0.2, 0.25) is 0 Å². The van der Waals surface area contributed by atoms with Crippen molar-refractivity contribution < 1.29 is 14.3 Å². The molecule has 0 radical (unpaired) electrons. The van der Waals surface area contributed by atoms with Gasteiger partial charge in [-0.2, -0.15) is 0 Å². The summed E-state index contributed by atoms with van der Waals surface area (Å²) < 4.78 is 6.17. The summed E-state index contributed by atoms with van der Waals surface area (Å²) in [5.74, 6) is 0.559. The van der Waals surface area contributed by atoms with Crippen LogP contribution in [0.3, 0.4) is 0 Å².